The number of hydrogen-bond donors (Lipinski definition) is 1. The topological polar surface area (TPSA) is 119 Å². The molecule has 0 aliphatic carbocycles. The summed E-state index contributed by atoms with van der Waals surface area (Å²) in [7, 11) is -3.31. The number of primary amides is 1. The molecular formula is C18H14N4O3S. The average molecular weight is 366 g/mol. The van der Waals surface area contributed by atoms with E-state index in [-0.39, 0.29) is 10.6 Å². The first kappa shape index (κ1) is 17.4. The van der Waals surface area contributed by atoms with Crippen LogP contribution in [0.5, 0.6) is 0 Å². The van der Waals surface area contributed by atoms with E-state index < -0.39 is 15.7 Å². The molecule has 1 heterocycles. The fourth-order valence-electron chi connectivity index (χ4n) is 2.45. The molecule has 0 saturated carbocycles. The fourth-order valence-corrected chi connectivity index (χ4v) is 3.08. The summed E-state index contributed by atoms with van der Waals surface area (Å²) in [5, 5.41) is 13.1. The highest BCUT2D eigenvalue weighted by Crippen LogP contribution is 2.25. The third kappa shape index (κ3) is 3.34. The molecule has 1 aromatic heterocycles. The Hall–Kier alpha value is -3.44. The van der Waals surface area contributed by atoms with Gasteiger partial charge in [-0.1, -0.05) is 12.1 Å². The summed E-state index contributed by atoms with van der Waals surface area (Å²) in [5.74, 6) is -0.675. The van der Waals surface area contributed by atoms with Crippen molar-refractivity contribution in [2.24, 2.45) is 5.73 Å². The Morgan fingerprint density at radius 3 is 2.23 bits per heavy atom. The molecule has 2 aromatic carbocycles. The van der Waals surface area contributed by atoms with Crippen LogP contribution >= 0.6 is 0 Å². The van der Waals surface area contributed by atoms with Crippen molar-refractivity contribution in [1.82, 2.24) is 9.78 Å². The molecule has 0 spiro atoms. The predicted octanol–water partition coefficient (Wildman–Crippen LogP) is 1.91. The normalized spacial score (nSPS) is 11.1. The van der Waals surface area contributed by atoms with Crippen molar-refractivity contribution in [2.75, 3.05) is 6.26 Å². The average Bonchev–Trinajstić information content (AvgIpc) is 3.07. The van der Waals surface area contributed by atoms with Crippen LogP contribution in [0, 0.1) is 11.3 Å². The highest BCUT2D eigenvalue weighted by atomic mass is 32.2. The van der Waals surface area contributed by atoms with Crippen LogP contribution in [0.15, 0.2) is 59.5 Å². The summed E-state index contributed by atoms with van der Waals surface area (Å²) < 4.78 is 24.8. The van der Waals surface area contributed by atoms with E-state index in [4.69, 9.17) is 11.0 Å². The van der Waals surface area contributed by atoms with Crippen LogP contribution in [-0.2, 0) is 9.84 Å². The van der Waals surface area contributed by atoms with Gasteiger partial charge in [0.1, 0.15) is 0 Å². The Morgan fingerprint density at radius 2 is 1.73 bits per heavy atom. The first-order valence-corrected chi connectivity index (χ1v) is 9.39. The van der Waals surface area contributed by atoms with Crippen molar-refractivity contribution in [1.29, 1.82) is 5.26 Å². The van der Waals surface area contributed by atoms with Gasteiger partial charge >= 0.3 is 0 Å². The quantitative estimate of drug-likeness (QED) is 0.756. The second kappa shape index (κ2) is 6.46. The Bertz CT molecular complexity index is 1120. The van der Waals surface area contributed by atoms with Gasteiger partial charge in [0.2, 0.25) is 0 Å². The molecule has 0 atom stereocenters. The van der Waals surface area contributed by atoms with Gasteiger partial charge in [-0.25, -0.2) is 13.1 Å². The number of hydrogen-bond acceptors (Lipinski definition) is 5. The lowest BCUT2D eigenvalue weighted by Crippen LogP contribution is -2.12. The van der Waals surface area contributed by atoms with Crippen molar-refractivity contribution in [3.63, 3.8) is 0 Å². The van der Waals surface area contributed by atoms with Gasteiger partial charge in [0.05, 0.1) is 27.9 Å². The Morgan fingerprint density at radius 1 is 1.12 bits per heavy atom. The van der Waals surface area contributed by atoms with Gasteiger partial charge in [-0.3, -0.25) is 4.79 Å². The van der Waals surface area contributed by atoms with Gasteiger partial charge in [-0.15, -0.1) is 0 Å². The van der Waals surface area contributed by atoms with E-state index in [1.54, 1.807) is 36.4 Å². The molecule has 0 unspecified atom stereocenters. The molecule has 0 aliphatic rings. The van der Waals surface area contributed by atoms with Crippen LogP contribution in [0.2, 0.25) is 0 Å². The zero-order valence-electron chi connectivity index (χ0n) is 13.7. The van der Waals surface area contributed by atoms with Crippen molar-refractivity contribution in [3.05, 3.63) is 65.9 Å². The number of rotatable bonds is 4. The Kier molecular flexibility index (Phi) is 4.32. The van der Waals surface area contributed by atoms with Crippen LogP contribution in [0.1, 0.15) is 16.1 Å². The van der Waals surface area contributed by atoms with E-state index in [0.717, 1.165) is 6.26 Å². The van der Waals surface area contributed by atoms with Gasteiger partial charge in [-0.2, -0.15) is 10.4 Å². The third-order valence-corrected chi connectivity index (χ3v) is 4.91. The van der Waals surface area contributed by atoms with Crippen LogP contribution in [0.4, 0.5) is 0 Å². The maximum Gasteiger partial charge on any atom is 0.269 e. The van der Waals surface area contributed by atoms with Crippen molar-refractivity contribution >= 4 is 15.7 Å². The Labute approximate surface area is 150 Å². The molecule has 3 aromatic rings. The zero-order chi connectivity index (χ0) is 18.9. The lowest BCUT2D eigenvalue weighted by molar-refractivity contribution is 0.0995. The van der Waals surface area contributed by atoms with E-state index in [1.165, 1.54) is 22.9 Å². The van der Waals surface area contributed by atoms with Crippen molar-refractivity contribution in [2.45, 2.75) is 4.90 Å². The van der Waals surface area contributed by atoms with E-state index in [1.807, 2.05) is 6.07 Å². The van der Waals surface area contributed by atoms with E-state index >= 15 is 0 Å². The van der Waals surface area contributed by atoms with Crippen molar-refractivity contribution < 1.29 is 13.2 Å². The summed E-state index contributed by atoms with van der Waals surface area (Å²) in [6.07, 6.45) is 1.13. The lowest BCUT2D eigenvalue weighted by atomic mass is 10.1. The molecule has 0 fully saturated rings. The minimum Gasteiger partial charge on any atom is -0.364 e. The minimum absolute atomic E-state index is 0.0801. The maximum absolute atomic E-state index is 11.6. The van der Waals surface area contributed by atoms with Crippen LogP contribution in [0.3, 0.4) is 0 Å². The SMILES string of the molecule is CS(=O)(=O)c1ccc(-c2cc(C(N)=O)nn2-c2ccc(C#N)cc2)cc1. The molecule has 0 bridgehead atoms. The predicted molar refractivity (Wildman–Crippen MR) is 95.3 cm³/mol. The molecule has 2 N–H and O–H groups in total. The van der Waals surface area contributed by atoms with Crippen LogP contribution < -0.4 is 5.73 Å². The summed E-state index contributed by atoms with van der Waals surface area (Å²) in [4.78, 5) is 11.7. The summed E-state index contributed by atoms with van der Waals surface area (Å²) >= 11 is 0. The lowest BCUT2D eigenvalue weighted by Gasteiger charge is -2.08. The summed E-state index contributed by atoms with van der Waals surface area (Å²) in [5.41, 5.74) is 7.80. The number of carbonyl (C=O) groups excluding carboxylic acids is 1. The minimum atomic E-state index is -3.31. The zero-order valence-corrected chi connectivity index (χ0v) is 14.6. The number of sulfone groups is 1. The first-order valence-electron chi connectivity index (χ1n) is 7.50. The van der Waals surface area contributed by atoms with Gasteiger partial charge in [0, 0.05) is 11.8 Å². The van der Waals surface area contributed by atoms with Gasteiger partial charge in [0.15, 0.2) is 15.5 Å². The van der Waals surface area contributed by atoms with E-state index in [0.29, 0.717) is 22.5 Å². The van der Waals surface area contributed by atoms with E-state index in [2.05, 4.69) is 5.10 Å². The highest BCUT2D eigenvalue weighted by molar-refractivity contribution is 7.90. The standard InChI is InChI=1S/C18H14N4O3S/c1-26(24,25)15-8-4-13(5-9-15)17-10-16(18(20)23)21-22(17)14-6-2-12(11-19)3-7-14/h2-10H,1H3,(H2,20,23). The monoisotopic (exact) mass is 366 g/mol. The fraction of sp³-hybridized carbons (Fsp3) is 0.0556. The van der Waals surface area contributed by atoms with Gasteiger partial charge < -0.3 is 5.73 Å². The van der Waals surface area contributed by atoms with Gasteiger partial charge in [-0.05, 0) is 42.5 Å². The molecule has 3 rings (SSSR count). The molecule has 8 heteroatoms. The molecule has 130 valence electrons. The number of aromatic nitrogens is 2. The molecule has 0 saturated heterocycles. The maximum atomic E-state index is 11.6. The number of benzene rings is 2. The third-order valence-electron chi connectivity index (χ3n) is 3.78. The molecule has 7 nitrogen and oxygen atoms in total. The highest BCUT2D eigenvalue weighted by Gasteiger charge is 2.16. The molecular weight excluding hydrogens is 352 g/mol. The smallest absolute Gasteiger partial charge is 0.269 e. The second-order valence-corrected chi connectivity index (χ2v) is 7.66. The number of nitrogens with two attached hydrogens (primary N) is 1. The summed E-state index contributed by atoms with van der Waals surface area (Å²) in [6, 6.07) is 16.5. The van der Waals surface area contributed by atoms with Crippen molar-refractivity contribution in [3.8, 4) is 23.0 Å². The number of amides is 1. The van der Waals surface area contributed by atoms with E-state index in [9.17, 15) is 13.2 Å². The largest absolute Gasteiger partial charge is 0.364 e. The molecule has 0 aliphatic heterocycles. The molecule has 0 radical (unpaired) electrons. The Balaban J connectivity index is 2.14. The number of carbonyl (C=O) groups is 1. The summed E-state index contributed by atoms with van der Waals surface area (Å²) in [6.45, 7) is 0. The van der Waals surface area contributed by atoms with Crippen LogP contribution in [0.25, 0.3) is 16.9 Å². The number of nitrogens with zero attached hydrogens (tertiary/aromatic N) is 3. The second-order valence-electron chi connectivity index (χ2n) is 5.65. The van der Waals surface area contributed by atoms with Gasteiger partial charge in [0.25, 0.3) is 5.91 Å². The molecule has 1 amide bonds. The number of nitriles is 1. The molecule has 26 heavy (non-hydrogen) atoms. The van der Waals surface area contributed by atoms with Crippen LogP contribution in [-0.4, -0.2) is 30.4 Å². The first-order chi connectivity index (χ1) is 12.3.